The lowest BCUT2D eigenvalue weighted by Crippen LogP contribution is -2.31. The number of para-hydroxylation sites is 1. The molecular weight excluding hydrogens is 238 g/mol. The molecule has 0 aromatic heterocycles. The average Bonchev–Trinajstić information content (AvgIpc) is 2.28. The minimum Gasteiger partial charge on any atom is -0.494 e. The quantitative estimate of drug-likeness (QED) is 0.699. The molecule has 0 saturated carbocycles. The summed E-state index contributed by atoms with van der Waals surface area (Å²) in [6.07, 6.45) is 1.92. The molecule has 0 aliphatic heterocycles. The zero-order chi connectivity index (χ0) is 12.7. The van der Waals surface area contributed by atoms with Crippen LogP contribution in [0, 0.1) is 0 Å². The Balaban J connectivity index is 2.29. The first-order valence-corrected chi connectivity index (χ1v) is 7.52. The Bertz CT molecular complexity index is 417. The van der Waals surface area contributed by atoms with Crippen molar-refractivity contribution in [1.29, 1.82) is 0 Å². The predicted octanol–water partition coefficient (Wildman–Crippen LogP) is 1.74. The Labute approximate surface area is 103 Å². The average molecular weight is 257 g/mol. The third-order valence-electron chi connectivity index (χ3n) is 2.39. The SMILES string of the molecule is CCN(CCCOc1ccccc1)S(C)(=O)=O. The van der Waals surface area contributed by atoms with Gasteiger partial charge in [-0.15, -0.1) is 0 Å². The van der Waals surface area contributed by atoms with Crippen molar-refractivity contribution in [2.75, 3.05) is 26.0 Å². The van der Waals surface area contributed by atoms with E-state index < -0.39 is 10.0 Å². The molecule has 0 radical (unpaired) electrons. The van der Waals surface area contributed by atoms with Gasteiger partial charge in [0.25, 0.3) is 0 Å². The molecule has 0 bridgehead atoms. The monoisotopic (exact) mass is 257 g/mol. The van der Waals surface area contributed by atoms with Crippen LogP contribution in [-0.2, 0) is 10.0 Å². The Morgan fingerprint density at radius 2 is 1.88 bits per heavy atom. The van der Waals surface area contributed by atoms with Crippen LogP contribution < -0.4 is 4.74 Å². The smallest absolute Gasteiger partial charge is 0.211 e. The zero-order valence-corrected chi connectivity index (χ0v) is 11.1. The lowest BCUT2D eigenvalue weighted by Gasteiger charge is -2.17. The summed E-state index contributed by atoms with van der Waals surface area (Å²) < 4.78 is 29.6. The number of hydrogen-bond acceptors (Lipinski definition) is 3. The Kier molecular flexibility index (Phi) is 5.44. The third kappa shape index (κ3) is 5.19. The van der Waals surface area contributed by atoms with Crippen LogP contribution in [0.2, 0.25) is 0 Å². The molecule has 0 unspecified atom stereocenters. The zero-order valence-electron chi connectivity index (χ0n) is 10.3. The Hall–Kier alpha value is -1.07. The third-order valence-corrected chi connectivity index (χ3v) is 3.76. The molecule has 0 atom stereocenters. The standard InChI is InChI=1S/C12H19NO3S/c1-3-13(17(2,14)15)10-7-11-16-12-8-5-4-6-9-12/h4-6,8-9H,3,7,10-11H2,1-2H3. The van der Waals surface area contributed by atoms with Crippen molar-refractivity contribution in [3.05, 3.63) is 30.3 Å². The second-order valence-electron chi connectivity index (χ2n) is 3.77. The van der Waals surface area contributed by atoms with Crippen LogP contribution >= 0.6 is 0 Å². The number of rotatable bonds is 7. The molecular formula is C12H19NO3S. The first-order valence-electron chi connectivity index (χ1n) is 5.67. The number of benzene rings is 1. The fourth-order valence-corrected chi connectivity index (χ4v) is 2.44. The Morgan fingerprint density at radius 1 is 1.24 bits per heavy atom. The van der Waals surface area contributed by atoms with Crippen LogP contribution in [0.3, 0.4) is 0 Å². The second-order valence-corrected chi connectivity index (χ2v) is 5.75. The van der Waals surface area contributed by atoms with Crippen LogP contribution in [-0.4, -0.2) is 38.7 Å². The van der Waals surface area contributed by atoms with Crippen LogP contribution in [0.1, 0.15) is 13.3 Å². The van der Waals surface area contributed by atoms with Crippen LogP contribution in [0.15, 0.2) is 30.3 Å². The maximum atomic E-state index is 11.3. The van der Waals surface area contributed by atoms with E-state index in [1.807, 2.05) is 37.3 Å². The van der Waals surface area contributed by atoms with Crippen molar-refractivity contribution in [3.63, 3.8) is 0 Å². The summed E-state index contributed by atoms with van der Waals surface area (Å²) in [4.78, 5) is 0. The highest BCUT2D eigenvalue weighted by Gasteiger charge is 2.13. The summed E-state index contributed by atoms with van der Waals surface area (Å²) in [7, 11) is -3.08. The van der Waals surface area contributed by atoms with Crippen molar-refractivity contribution in [2.24, 2.45) is 0 Å². The first kappa shape index (κ1) is 14.0. The van der Waals surface area contributed by atoms with Gasteiger partial charge in [0.2, 0.25) is 10.0 Å². The first-order chi connectivity index (χ1) is 8.04. The molecule has 5 heteroatoms. The largest absolute Gasteiger partial charge is 0.494 e. The second kappa shape index (κ2) is 6.61. The highest BCUT2D eigenvalue weighted by atomic mass is 32.2. The molecule has 4 nitrogen and oxygen atoms in total. The minimum absolute atomic E-state index is 0.502. The molecule has 17 heavy (non-hydrogen) atoms. The minimum atomic E-state index is -3.08. The molecule has 0 aliphatic carbocycles. The van der Waals surface area contributed by atoms with E-state index in [4.69, 9.17) is 4.74 Å². The lowest BCUT2D eigenvalue weighted by atomic mass is 10.3. The highest BCUT2D eigenvalue weighted by Crippen LogP contribution is 2.08. The number of nitrogens with zero attached hydrogens (tertiary/aromatic N) is 1. The maximum absolute atomic E-state index is 11.3. The fourth-order valence-electron chi connectivity index (χ4n) is 1.51. The van der Waals surface area contributed by atoms with Crippen LogP contribution in [0.25, 0.3) is 0 Å². The number of sulfonamides is 1. The molecule has 1 aromatic carbocycles. The van der Waals surface area contributed by atoms with E-state index in [-0.39, 0.29) is 0 Å². The molecule has 0 saturated heterocycles. The van der Waals surface area contributed by atoms with Crippen molar-refractivity contribution >= 4 is 10.0 Å². The van der Waals surface area contributed by atoms with Crippen molar-refractivity contribution < 1.29 is 13.2 Å². The summed E-state index contributed by atoms with van der Waals surface area (Å²) in [5, 5.41) is 0. The number of ether oxygens (including phenoxy) is 1. The molecule has 0 heterocycles. The normalized spacial score (nSPS) is 11.7. The van der Waals surface area contributed by atoms with E-state index in [0.717, 1.165) is 5.75 Å². The van der Waals surface area contributed by atoms with E-state index in [9.17, 15) is 8.42 Å². The van der Waals surface area contributed by atoms with Gasteiger partial charge in [-0.1, -0.05) is 25.1 Å². The molecule has 0 spiro atoms. The molecule has 1 rings (SSSR count). The van der Waals surface area contributed by atoms with E-state index in [1.54, 1.807) is 0 Å². The van der Waals surface area contributed by atoms with Gasteiger partial charge >= 0.3 is 0 Å². The van der Waals surface area contributed by atoms with Gasteiger partial charge in [0, 0.05) is 13.1 Å². The summed E-state index contributed by atoms with van der Waals surface area (Å²) >= 11 is 0. The molecule has 0 amide bonds. The van der Waals surface area contributed by atoms with E-state index in [1.165, 1.54) is 10.6 Å². The van der Waals surface area contributed by atoms with Gasteiger partial charge in [-0.2, -0.15) is 0 Å². The molecule has 0 fully saturated rings. The Morgan fingerprint density at radius 3 is 2.41 bits per heavy atom. The van der Waals surface area contributed by atoms with E-state index in [0.29, 0.717) is 26.1 Å². The molecule has 96 valence electrons. The van der Waals surface area contributed by atoms with Gasteiger partial charge in [0.05, 0.1) is 12.9 Å². The van der Waals surface area contributed by atoms with Gasteiger partial charge in [0.15, 0.2) is 0 Å². The number of hydrogen-bond donors (Lipinski definition) is 0. The topological polar surface area (TPSA) is 46.6 Å². The van der Waals surface area contributed by atoms with Crippen molar-refractivity contribution in [3.8, 4) is 5.75 Å². The van der Waals surface area contributed by atoms with Crippen LogP contribution in [0.5, 0.6) is 5.75 Å². The fraction of sp³-hybridized carbons (Fsp3) is 0.500. The van der Waals surface area contributed by atoms with E-state index in [2.05, 4.69) is 0 Å². The molecule has 1 aromatic rings. The molecule has 0 aliphatic rings. The summed E-state index contributed by atoms with van der Waals surface area (Å²) in [5.74, 6) is 0.815. The van der Waals surface area contributed by atoms with Crippen LogP contribution in [0.4, 0.5) is 0 Å². The van der Waals surface area contributed by atoms with Crippen molar-refractivity contribution in [1.82, 2.24) is 4.31 Å². The maximum Gasteiger partial charge on any atom is 0.211 e. The summed E-state index contributed by atoms with van der Waals surface area (Å²) in [6.45, 7) is 3.36. The summed E-state index contributed by atoms with van der Waals surface area (Å²) in [5.41, 5.74) is 0. The molecule has 0 N–H and O–H groups in total. The van der Waals surface area contributed by atoms with Gasteiger partial charge in [-0.05, 0) is 18.6 Å². The van der Waals surface area contributed by atoms with Crippen molar-refractivity contribution in [2.45, 2.75) is 13.3 Å². The van der Waals surface area contributed by atoms with Gasteiger partial charge in [-0.3, -0.25) is 0 Å². The highest BCUT2D eigenvalue weighted by molar-refractivity contribution is 7.88. The van der Waals surface area contributed by atoms with Gasteiger partial charge in [-0.25, -0.2) is 12.7 Å². The predicted molar refractivity (Wildman–Crippen MR) is 68.6 cm³/mol. The van der Waals surface area contributed by atoms with Gasteiger partial charge in [0.1, 0.15) is 5.75 Å². The summed E-state index contributed by atoms with van der Waals surface area (Å²) in [6, 6.07) is 9.51. The van der Waals surface area contributed by atoms with E-state index >= 15 is 0 Å². The van der Waals surface area contributed by atoms with Gasteiger partial charge < -0.3 is 4.74 Å². The lowest BCUT2D eigenvalue weighted by molar-refractivity contribution is 0.291.